The molecule has 0 amide bonds. The summed E-state index contributed by atoms with van der Waals surface area (Å²) in [7, 11) is 0. The lowest BCUT2D eigenvalue weighted by atomic mass is 9.70. The molecule has 3 aliphatic carbocycles. The molecule has 3 heteroatoms. The highest BCUT2D eigenvalue weighted by atomic mass is 15.0. The summed E-state index contributed by atoms with van der Waals surface area (Å²) in [5, 5.41) is 0. The Morgan fingerprint density at radius 3 is 1.19 bits per heavy atom. The molecule has 13 rings (SSSR count). The zero-order valence-corrected chi connectivity index (χ0v) is 37.6. The molecule has 1 aromatic heterocycles. The fraction of sp³-hybridized carbons (Fsp3) is 0.0615. The Morgan fingerprint density at radius 2 is 0.721 bits per heavy atom. The first kappa shape index (κ1) is 39.8. The number of allylic oxidation sites excluding steroid dienone is 4. The third kappa shape index (κ3) is 6.46. The quantitative estimate of drug-likeness (QED) is 0.160. The summed E-state index contributed by atoms with van der Waals surface area (Å²) in [5.41, 5.74) is 21.7. The van der Waals surface area contributed by atoms with Crippen LogP contribution in [0.15, 0.2) is 237 Å². The standard InChI is InChI=1S/C65H45N3/c1-42-19-11-12-26-53(42)50-36-49(45-24-9-4-10-25-45)39-52(40-50)64-67-62(66-63(68-64)51-37-47(43-20-5-2-6-21-43)35-48(38-51)44-22-7-3-8-23-44)46-33-34-57-56-29-15-18-32-60(56)65(61(57)41-46)58-30-16-13-27-54(58)55-28-14-17-31-59(55)65/h2-18,20-42H,19H2,1H3. The molecule has 0 saturated carbocycles. The van der Waals surface area contributed by atoms with E-state index in [-0.39, 0.29) is 0 Å². The lowest BCUT2D eigenvalue weighted by molar-refractivity contribution is 0.758. The average Bonchev–Trinajstić information content (AvgIpc) is 3.88. The second-order valence-electron chi connectivity index (χ2n) is 18.3. The molecule has 9 aromatic carbocycles. The molecule has 0 aliphatic heterocycles. The van der Waals surface area contributed by atoms with Gasteiger partial charge in [-0.1, -0.05) is 201 Å². The predicted molar refractivity (Wildman–Crippen MR) is 280 cm³/mol. The van der Waals surface area contributed by atoms with Crippen LogP contribution in [0.2, 0.25) is 0 Å². The molecule has 0 radical (unpaired) electrons. The van der Waals surface area contributed by atoms with Gasteiger partial charge in [-0.3, -0.25) is 0 Å². The van der Waals surface area contributed by atoms with Gasteiger partial charge in [-0.25, -0.2) is 15.0 Å². The van der Waals surface area contributed by atoms with Gasteiger partial charge in [-0.15, -0.1) is 0 Å². The van der Waals surface area contributed by atoms with Crippen molar-refractivity contribution in [1.29, 1.82) is 0 Å². The fourth-order valence-electron chi connectivity index (χ4n) is 11.2. The predicted octanol–water partition coefficient (Wildman–Crippen LogP) is 16.2. The van der Waals surface area contributed by atoms with E-state index in [4.69, 9.17) is 15.0 Å². The number of hydrogen-bond donors (Lipinski definition) is 0. The molecule has 1 atom stereocenters. The van der Waals surface area contributed by atoms with Crippen LogP contribution in [0.25, 0.3) is 95.4 Å². The van der Waals surface area contributed by atoms with Crippen LogP contribution in [0.1, 0.15) is 41.2 Å². The molecular formula is C65H45N3. The molecule has 0 bridgehead atoms. The summed E-state index contributed by atoms with van der Waals surface area (Å²) in [4.78, 5) is 16.5. The average molecular weight is 868 g/mol. The number of aromatic nitrogens is 3. The smallest absolute Gasteiger partial charge is 0.164 e. The second kappa shape index (κ2) is 16.1. The minimum Gasteiger partial charge on any atom is -0.208 e. The van der Waals surface area contributed by atoms with E-state index in [2.05, 4.69) is 244 Å². The molecule has 3 aliphatic rings. The van der Waals surface area contributed by atoms with E-state index in [1.807, 2.05) is 0 Å². The highest BCUT2D eigenvalue weighted by molar-refractivity contribution is 5.96. The molecule has 68 heavy (non-hydrogen) atoms. The number of fused-ring (bicyclic) bond motifs is 10. The maximum atomic E-state index is 5.52. The number of benzene rings is 9. The van der Waals surface area contributed by atoms with Gasteiger partial charge in [0.05, 0.1) is 5.41 Å². The van der Waals surface area contributed by atoms with Crippen LogP contribution in [0.5, 0.6) is 0 Å². The Bertz CT molecular complexity index is 3540. The molecule has 0 fully saturated rings. The van der Waals surface area contributed by atoms with Gasteiger partial charge in [0, 0.05) is 16.7 Å². The van der Waals surface area contributed by atoms with Crippen LogP contribution in [-0.4, -0.2) is 15.0 Å². The van der Waals surface area contributed by atoms with E-state index in [9.17, 15) is 0 Å². The summed E-state index contributed by atoms with van der Waals surface area (Å²) < 4.78 is 0. The summed E-state index contributed by atoms with van der Waals surface area (Å²) >= 11 is 0. The number of rotatable bonds is 7. The van der Waals surface area contributed by atoms with Crippen LogP contribution in [0, 0.1) is 5.92 Å². The van der Waals surface area contributed by atoms with Crippen molar-refractivity contribution < 1.29 is 0 Å². The minimum absolute atomic E-state index is 0.370. The van der Waals surface area contributed by atoms with E-state index in [1.165, 1.54) is 55.6 Å². The van der Waals surface area contributed by atoms with E-state index in [0.29, 0.717) is 23.4 Å². The van der Waals surface area contributed by atoms with Crippen LogP contribution in [0.3, 0.4) is 0 Å². The van der Waals surface area contributed by atoms with Crippen LogP contribution >= 0.6 is 0 Å². The van der Waals surface area contributed by atoms with E-state index in [1.54, 1.807) is 0 Å². The van der Waals surface area contributed by atoms with Gasteiger partial charge in [-0.2, -0.15) is 0 Å². The summed E-state index contributed by atoms with van der Waals surface area (Å²) in [6.45, 7) is 2.31. The van der Waals surface area contributed by atoms with Gasteiger partial charge in [-0.05, 0) is 144 Å². The maximum Gasteiger partial charge on any atom is 0.164 e. The van der Waals surface area contributed by atoms with E-state index in [0.717, 1.165) is 56.5 Å². The second-order valence-corrected chi connectivity index (χ2v) is 18.3. The molecule has 0 N–H and O–H groups in total. The largest absolute Gasteiger partial charge is 0.208 e. The van der Waals surface area contributed by atoms with Crippen LogP contribution < -0.4 is 0 Å². The molecule has 1 heterocycles. The molecule has 3 nitrogen and oxygen atoms in total. The molecule has 0 saturated heterocycles. The number of nitrogens with zero attached hydrogens (tertiary/aromatic N) is 3. The van der Waals surface area contributed by atoms with Crippen LogP contribution in [-0.2, 0) is 5.41 Å². The van der Waals surface area contributed by atoms with Crippen molar-refractivity contribution in [2.45, 2.75) is 18.8 Å². The Morgan fingerprint density at radius 1 is 0.338 bits per heavy atom. The van der Waals surface area contributed by atoms with E-state index >= 15 is 0 Å². The van der Waals surface area contributed by atoms with Crippen molar-refractivity contribution in [2.24, 2.45) is 5.92 Å². The maximum absolute atomic E-state index is 5.52. The van der Waals surface area contributed by atoms with Crippen molar-refractivity contribution in [3.63, 3.8) is 0 Å². The summed E-state index contributed by atoms with van der Waals surface area (Å²) in [5.74, 6) is 2.25. The van der Waals surface area contributed by atoms with Gasteiger partial charge >= 0.3 is 0 Å². The zero-order valence-electron chi connectivity index (χ0n) is 37.6. The van der Waals surface area contributed by atoms with Crippen molar-refractivity contribution in [3.05, 3.63) is 264 Å². The van der Waals surface area contributed by atoms with Gasteiger partial charge < -0.3 is 0 Å². The molecule has 320 valence electrons. The van der Waals surface area contributed by atoms with Crippen molar-refractivity contribution in [3.8, 4) is 89.8 Å². The Balaban J connectivity index is 1.07. The van der Waals surface area contributed by atoms with E-state index < -0.39 is 5.41 Å². The minimum atomic E-state index is -0.500. The lowest BCUT2D eigenvalue weighted by Crippen LogP contribution is -2.25. The lowest BCUT2D eigenvalue weighted by Gasteiger charge is -2.30. The van der Waals surface area contributed by atoms with Crippen LogP contribution in [0.4, 0.5) is 0 Å². The van der Waals surface area contributed by atoms with Gasteiger partial charge in [0.15, 0.2) is 17.5 Å². The van der Waals surface area contributed by atoms with Gasteiger partial charge in [0.1, 0.15) is 0 Å². The van der Waals surface area contributed by atoms with Crippen molar-refractivity contribution in [1.82, 2.24) is 15.0 Å². The fourth-order valence-corrected chi connectivity index (χ4v) is 11.2. The van der Waals surface area contributed by atoms with Gasteiger partial charge in [0.2, 0.25) is 0 Å². The molecular weight excluding hydrogens is 823 g/mol. The molecule has 1 spiro atoms. The summed E-state index contributed by atoms with van der Waals surface area (Å²) in [6.07, 6.45) is 7.71. The Labute approximate surface area is 397 Å². The first-order chi connectivity index (χ1) is 33.6. The highest BCUT2D eigenvalue weighted by Gasteiger charge is 2.51. The Kier molecular flexibility index (Phi) is 9.43. The monoisotopic (exact) mass is 867 g/mol. The van der Waals surface area contributed by atoms with Gasteiger partial charge in [0.25, 0.3) is 0 Å². The third-order valence-electron chi connectivity index (χ3n) is 14.4. The highest BCUT2D eigenvalue weighted by Crippen LogP contribution is 2.63. The molecule has 10 aromatic rings. The molecule has 1 unspecified atom stereocenters. The Hall–Kier alpha value is -8.53. The third-order valence-corrected chi connectivity index (χ3v) is 14.4. The normalized spacial score (nSPS) is 14.8. The van der Waals surface area contributed by atoms with Crippen molar-refractivity contribution >= 4 is 5.57 Å². The first-order valence-electron chi connectivity index (χ1n) is 23.6. The first-order valence-corrected chi connectivity index (χ1v) is 23.6. The van der Waals surface area contributed by atoms with Crippen molar-refractivity contribution in [2.75, 3.05) is 0 Å². The zero-order chi connectivity index (χ0) is 45.2. The number of hydrogen-bond acceptors (Lipinski definition) is 3. The SMILES string of the molecule is CC1CC=CC=C1c1cc(-c2ccccc2)cc(-c2nc(-c3cc(-c4ccccc4)cc(-c4ccccc4)c3)nc(-c3ccc4c(c3)C3(c5ccccc5-c5ccccc53)c3ccccc3-4)n2)c1. The topological polar surface area (TPSA) is 38.7 Å². The summed E-state index contributed by atoms with van der Waals surface area (Å²) in [6, 6.07) is 79.2.